The molecule has 1 rings (SSSR count). The summed E-state index contributed by atoms with van der Waals surface area (Å²) in [5.74, 6) is 1.68. The molecule has 96 valence electrons. The normalized spacial score (nSPS) is 12.2. The Kier molecular flexibility index (Phi) is 5.84. The third-order valence-corrected chi connectivity index (χ3v) is 2.46. The third-order valence-electron chi connectivity index (χ3n) is 2.46. The fourth-order valence-corrected chi connectivity index (χ4v) is 1.49. The van der Waals surface area contributed by atoms with Crippen LogP contribution in [-0.2, 0) is 0 Å². The number of ether oxygens (including phenoxy) is 2. The van der Waals surface area contributed by atoms with Gasteiger partial charge < -0.3 is 15.2 Å². The fraction of sp³-hybridized carbons (Fsp3) is 0.571. The Balaban J connectivity index is 2.86. The van der Waals surface area contributed by atoms with E-state index in [-0.39, 0.29) is 6.04 Å². The fourth-order valence-electron chi connectivity index (χ4n) is 1.49. The van der Waals surface area contributed by atoms with E-state index in [1.54, 1.807) is 0 Å². The van der Waals surface area contributed by atoms with Crippen molar-refractivity contribution in [3.05, 3.63) is 23.8 Å². The zero-order chi connectivity index (χ0) is 12.7. The van der Waals surface area contributed by atoms with Crippen molar-refractivity contribution in [1.82, 2.24) is 0 Å². The van der Waals surface area contributed by atoms with Crippen molar-refractivity contribution in [2.24, 2.45) is 0 Å². The van der Waals surface area contributed by atoms with Crippen molar-refractivity contribution in [3.8, 4) is 11.5 Å². The maximum atomic E-state index is 5.72. The molecule has 0 fully saturated rings. The largest absolute Gasteiger partial charge is 0.490 e. The Morgan fingerprint density at radius 2 is 1.65 bits per heavy atom. The summed E-state index contributed by atoms with van der Waals surface area (Å²) in [6.45, 7) is 7.71. The van der Waals surface area contributed by atoms with E-state index in [0.717, 1.165) is 37.6 Å². The molecule has 0 amide bonds. The average Bonchev–Trinajstić information content (AvgIpc) is 2.34. The second-order valence-corrected chi connectivity index (χ2v) is 4.30. The highest BCUT2D eigenvalue weighted by atomic mass is 16.5. The smallest absolute Gasteiger partial charge is 0.161 e. The van der Waals surface area contributed by atoms with E-state index in [2.05, 4.69) is 32.6 Å². The molecule has 0 aromatic heterocycles. The van der Waals surface area contributed by atoms with Crippen molar-refractivity contribution in [2.45, 2.75) is 39.7 Å². The lowest BCUT2D eigenvalue weighted by atomic mass is 10.1. The third kappa shape index (κ3) is 4.27. The van der Waals surface area contributed by atoms with Gasteiger partial charge in [0.25, 0.3) is 0 Å². The van der Waals surface area contributed by atoms with Crippen LogP contribution in [0.1, 0.15) is 45.2 Å². The summed E-state index contributed by atoms with van der Waals surface area (Å²) in [4.78, 5) is 0. The Bertz CT molecular complexity index is 337. The van der Waals surface area contributed by atoms with Gasteiger partial charge in [-0.2, -0.15) is 0 Å². The first kappa shape index (κ1) is 13.8. The van der Waals surface area contributed by atoms with Crippen LogP contribution < -0.4 is 15.2 Å². The molecule has 3 N–H and O–H groups in total. The monoisotopic (exact) mass is 238 g/mol. The molecule has 17 heavy (non-hydrogen) atoms. The van der Waals surface area contributed by atoms with Gasteiger partial charge in [0.2, 0.25) is 0 Å². The molecule has 0 radical (unpaired) electrons. The van der Waals surface area contributed by atoms with Crippen molar-refractivity contribution < 1.29 is 15.2 Å². The topological polar surface area (TPSA) is 46.1 Å². The molecule has 1 atom stereocenters. The van der Waals surface area contributed by atoms with Gasteiger partial charge in [-0.1, -0.05) is 13.8 Å². The van der Waals surface area contributed by atoms with Crippen LogP contribution in [0.3, 0.4) is 0 Å². The van der Waals surface area contributed by atoms with Gasteiger partial charge in [-0.05, 0) is 38.0 Å². The first-order valence-electron chi connectivity index (χ1n) is 6.41. The standard InChI is InChI=1S/C14H23NO2/c1-4-8-16-13-7-6-12(11(3)15)10-14(13)17-9-5-2/h6-7,10-11H,4-5,8-9,15H2,1-3H3/p+1/t11-/m1/s1. The van der Waals surface area contributed by atoms with Crippen molar-refractivity contribution in [1.29, 1.82) is 0 Å². The number of benzene rings is 1. The van der Waals surface area contributed by atoms with E-state index in [1.165, 1.54) is 5.56 Å². The van der Waals surface area contributed by atoms with Crippen LogP contribution in [-0.4, -0.2) is 13.2 Å². The van der Waals surface area contributed by atoms with Crippen LogP contribution in [0.2, 0.25) is 0 Å². The molecule has 0 bridgehead atoms. The molecule has 0 aliphatic rings. The number of hydrogen-bond acceptors (Lipinski definition) is 2. The molecule has 3 nitrogen and oxygen atoms in total. The maximum Gasteiger partial charge on any atom is 0.161 e. The maximum absolute atomic E-state index is 5.72. The van der Waals surface area contributed by atoms with Crippen LogP contribution in [0.25, 0.3) is 0 Å². The highest BCUT2D eigenvalue weighted by molar-refractivity contribution is 5.43. The first-order valence-corrected chi connectivity index (χ1v) is 6.41. The zero-order valence-electron chi connectivity index (χ0n) is 11.2. The van der Waals surface area contributed by atoms with Crippen molar-refractivity contribution in [2.75, 3.05) is 13.2 Å². The summed E-state index contributed by atoms with van der Waals surface area (Å²) in [5.41, 5.74) is 5.21. The Labute approximate surface area is 104 Å². The Morgan fingerprint density at radius 1 is 1.06 bits per heavy atom. The number of hydrogen-bond donors (Lipinski definition) is 1. The SMILES string of the molecule is CCCOc1ccc([C@@H](C)[NH3+])cc1OCCC. The Morgan fingerprint density at radius 3 is 2.18 bits per heavy atom. The van der Waals surface area contributed by atoms with Crippen molar-refractivity contribution in [3.63, 3.8) is 0 Å². The highest BCUT2D eigenvalue weighted by Gasteiger charge is 2.10. The Hall–Kier alpha value is -1.22. The molecule has 3 heteroatoms. The van der Waals surface area contributed by atoms with Crippen LogP contribution in [0, 0.1) is 0 Å². The lowest BCUT2D eigenvalue weighted by molar-refractivity contribution is -0.420. The number of quaternary nitrogens is 1. The summed E-state index contributed by atoms with van der Waals surface area (Å²) < 4.78 is 11.4. The predicted octanol–water partition coefficient (Wildman–Crippen LogP) is 2.57. The van der Waals surface area contributed by atoms with Crippen LogP contribution in [0.5, 0.6) is 11.5 Å². The van der Waals surface area contributed by atoms with Crippen LogP contribution >= 0.6 is 0 Å². The van der Waals surface area contributed by atoms with Gasteiger partial charge in [-0.25, -0.2) is 0 Å². The van der Waals surface area contributed by atoms with Gasteiger partial charge >= 0.3 is 0 Å². The minimum Gasteiger partial charge on any atom is -0.490 e. The van der Waals surface area contributed by atoms with E-state index in [1.807, 2.05) is 12.1 Å². The number of rotatable bonds is 7. The summed E-state index contributed by atoms with van der Waals surface area (Å²) in [5, 5.41) is 0. The van der Waals surface area contributed by atoms with E-state index in [9.17, 15) is 0 Å². The predicted molar refractivity (Wildman–Crippen MR) is 69.3 cm³/mol. The summed E-state index contributed by atoms with van der Waals surface area (Å²) in [7, 11) is 0. The second-order valence-electron chi connectivity index (χ2n) is 4.30. The lowest BCUT2D eigenvalue weighted by Crippen LogP contribution is -2.51. The second kappa shape index (κ2) is 7.17. The van der Waals surface area contributed by atoms with Gasteiger partial charge in [0, 0.05) is 5.56 Å². The molecule has 0 spiro atoms. The van der Waals surface area contributed by atoms with E-state index >= 15 is 0 Å². The molecule has 0 saturated carbocycles. The minimum absolute atomic E-state index is 0.263. The molecule has 0 aliphatic heterocycles. The molecular weight excluding hydrogens is 214 g/mol. The van der Waals surface area contributed by atoms with Gasteiger partial charge in [-0.15, -0.1) is 0 Å². The quantitative estimate of drug-likeness (QED) is 0.793. The van der Waals surface area contributed by atoms with Gasteiger partial charge in [0.1, 0.15) is 6.04 Å². The van der Waals surface area contributed by atoms with E-state index in [4.69, 9.17) is 9.47 Å². The molecule has 0 saturated heterocycles. The minimum atomic E-state index is 0.263. The van der Waals surface area contributed by atoms with Gasteiger partial charge in [0.05, 0.1) is 13.2 Å². The van der Waals surface area contributed by atoms with E-state index < -0.39 is 0 Å². The van der Waals surface area contributed by atoms with E-state index in [0.29, 0.717) is 0 Å². The molecule has 1 aromatic carbocycles. The first-order chi connectivity index (χ1) is 8.19. The van der Waals surface area contributed by atoms with Crippen LogP contribution in [0.15, 0.2) is 18.2 Å². The molecule has 0 heterocycles. The summed E-state index contributed by atoms with van der Waals surface area (Å²) >= 11 is 0. The van der Waals surface area contributed by atoms with Gasteiger partial charge in [-0.3, -0.25) is 0 Å². The molecule has 0 unspecified atom stereocenters. The molecular formula is C14H24NO2+. The van der Waals surface area contributed by atoms with Gasteiger partial charge in [0.15, 0.2) is 11.5 Å². The average molecular weight is 238 g/mol. The summed E-state index contributed by atoms with van der Waals surface area (Å²) in [6.07, 6.45) is 2.00. The highest BCUT2D eigenvalue weighted by Crippen LogP contribution is 2.30. The van der Waals surface area contributed by atoms with Crippen molar-refractivity contribution >= 4 is 0 Å². The van der Waals surface area contributed by atoms with Crippen LogP contribution in [0.4, 0.5) is 0 Å². The lowest BCUT2D eigenvalue weighted by Gasteiger charge is -2.14. The summed E-state index contributed by atoms with van der Waals surface area (Å²) in [6, 6.07) is 6.34. The molecule has 1 aromatic rings. The molecule has 0 aliphatic carbocycles. The zero-order valence-corrected chi connectivity index (χ0v) is 11.2.